The molecular weight excluding hydrogens is 458 g/mol. The molecule has 0 radical (unpaired) electrons. The van der Waals surface area contributed by atoms with Gasteiger partial charge in [-0.15, -0.1) is 0 Å². The Bertz CT molecular complexity index is 1430. The van der Waals surface area contributed by atoms with Crippen molar-refractivity contribution in [3.05, 3.63) is 58.9 Å². The van der Waals surface area contributed by atoms with Crippen molar-refractivity contribution in [1.82, 2.24) is 9.47 Å². The average molecular weight is 488 g/mol. The van der Waals surface area contributed by atoms with Gasteiger partial charge in [0, 0.05) is 42.4 Å². The molecule has 0 saturated carbocycles. The monoisotopic (exact) mass is 487 g/mol. The molecule has 4 heterocycles. The largest absolute Gasteiger partial charge is 0.493 e. The van der Waals surface area contributed by atoms with Crippen molar-refractivity contribution < 1.29 is 23.8 Å². The Hall–Kier alpha value is -3.94. The normalized spacial score (nSPS) is 18.4. The van der Waals surface area contributed by atoms with Crippen molar-refractivity contribution in [1.29, 1.82) is 0 Å². The van der Waals surface area contributed by atoms with Gasteiger partial charge in [0.25, 0.3) is 5.91 Å². The third-order valence-corrected chi connectivity index (χ3v) is 7.06. The van der Waals surface area contributed by atoms with Gasteiger partial charge in [-0.25, -0.2) is 0 Å². The maximum atomic E-state index is 13.7. The number of aromatic nitrogens is 1. The third kappa shape index (κ3) is 3.35. The van der Waals surface area contributed by atoms with Gasteiger partial charge >= 0.3 is 0 Å². The molecule has 0 bridgehead atoms. The summed E-state index contributed by atoms with van der Waals surface area (Å²) in [7, 11) is 1.60. The number of carbonyl (C=O) groups is 2. The molecule has 0 aliphatic carbocycles. The van der Waals surface area contributed by atoms with E-state index >= 15 is 0 Å². The first-order valence-corrected chi connectivity index (χ1v) is 12.3. The summed E-state index contributed by atoms with van der Waals surface area (Å²) in [4.78, 5) is 27.4. The number of ether oxygens (including phenoxy) is 3. The molecule has 8 heteroatoms. The van der Waals surface area contributed by atoms with E-state index in [0.717, 1.165) is 40.0 Å². The van der Waals surface area contributed by atoms with Crippen molar-refractivity contribution in [3.63, 3.8) is 0 Å². The zero-order chi connectivity index (χ0) is 25.1. The quantitative estimate of drug-likeness (QED) is 0.592. The minimum Gasteiger partial charge on any atom is -0.493 e. The van der Waals surface area contributed by atoms with Crippen LogP contribution in [-0.4, -0.2) is 48.1 Å². The lowest BCUT2D eigenvalue weighted by atomic mass is 9.84. The zero-order valence-electron chi connectivity index (χ0n) is 20.9. The first-order chi connectivity index (χ1) is 17.4. The summed E-state index contributed by atoms with van der Waals surface area (Å²) in [6, 6.07) is 10.0. The standard InChI is InChI=1S/C28H29N3O5/c1-15(2)12-30-13-18-24(17-10-22(34-4)27-23(11-17)35-8-9-36-27)26-20(14-31(16(3)32)28(26)33)29-19-6-5-7-21(30)25(18)19/h5-7,10-11,13,15,24,29H,8-9,12,14H2,1-4H3/t24-/m0/s1. The Morgan fingerprint density at radius 3 is 2.78 bits per heavy atom. The number of anilines is 1. The summed E-state index contributed by atoms with van der Waals surface area (Å²) in [6.07, 6.45) is 2.16. The molecule has 3 aromatic rings. The van der Waals surface area contributed by atoms with Crippen LogP contribution in [0.3, 0.4) is 0 Å². The molecule has 3 aliphatic rings. The summed E-state index contributed by atoms with van der Waals surface area (Å²) in [5.74, 6) is 1.19. The highest BCUT2D eigenvalue weighted by Crippen LogP contribution is 2.50. The second-order valence-corrected chi connectivity index (χ2v) is 9.94. The van der Waals surface area contributed by atoms with E-state index in [1.165, 1.54) is 11.8 Å². The van der Waals surface area contributed by atoms with Crippen molar-refractivity contribution in [2.45, 2.75) is 33.2 Å². The Balaban J connectivity index is 1.63. The van der Waals surface area contributed by atoms with Gasteiger partial charge in [-0.3, -0.25) is 14.5 Å². The van der Waals surface area contributed by atoms with Gasteiger partial charge in [-0.05, 0) is 41.3 Å². The molecule has 2 aromatic carbocycles. The topological polar surface area (TPSA) is 82.0 Å². The van der Waals surface area contributed by atoms with Crippen LogP contribution in [-0.2, 0) is 16.1 Å². The Morgan fingerprint density at radius 2 is 2.03 bits per heavy atom. The van der Waals surface area contributed by atoms with Crippen LogP contribution in [0.2, 0.25) is 0 Å². The van der Waals surface area contributed by atoms with E-state index in [1.807, 2.05) is 24.3 Å². The van der Waals surface area contributed by atoms with Gasteiger partial charge in [0.15, 0.2) is 11.5 Å². The molecular formula is C28H29N3O5. The van der Waals surface area contributed by atoms with E-state index in [2.05, 4.69) is 36.0 Å². The number of amides is 2. The van der Waals surface area contributed by atoms with Gasteiger partial charge < -0.3 is 24.1 Å². The van der Waals surface area contributed by atoms with Crippen molar-refractivity contribution in [2.75, 3.05) is 32.2 Å². The van der Waals surface area contributed by atoms with E-state index in [0.29, 0.717) is 42.0 Å². The number of methoxy groups -OCH3 is 1. The molecule has 0 saturated heterocycles. The van der Waals surface area contributed by atoms with E-state index in [1.54, 1.807) is 7.11 Å². The number of carbonyl (C=O) groups excluding carboxylic acids is 2. The maximum Gasteiger partial charge on any atom is 0.259 e. The van der Waals surface area contributed by atoms with Crippen LogP contribution in [0.5, 0.6) is 17.2 Å². The molecule has 0 fully saturated rings. The molecule has 1 N–H and O–H groups in total. The average Bonchev–Trinajstić information content (AvgIpc) is 3.32. The number of hydrogen-bond acceptors (Lipinski definition) is 6. The van der Waals surface area contributed by atoms with E-state index in [9.17, 15) is 9.59 Å². The summed E-state index contributed by atoms with van der Waals surface area (Å²) in [5.41, 5.74) is 5.22. The predicted molar refractivity (Wildman–Crippen MR) is 136 cm³/mol. The number of nitrogens with one attached hydrogen (secondary N) is 1. The van der Waals surface area contributed by atoms with E-state index in [4.69, 9.17) is 14.2 Å². The number of hydrogen-bond donors (Lipinski definition) is 1. The van der Waals surface area contributed by atoms with Gasteiger partial charge in [-0.1, -0.05) is 19.9 Å². The summed E-state index contributed by atoms with van der Waals surface area (Å²) >= 11 is 0. The van der Waals surface area contributed by atoms with Crippen LogP contribution in [0.15, 0.2) is 47.8 Å². The van der Waals surface area contributed by atoms with Crippen molar-refractivity contribution >= 4 is 28.4 Å². The van der Waals surface area contributed by atoms with Crippen LogP contribution < -0.4 is 19.5 Å². The van der Waals surface area contributed by atoms with E-state index in [-0.39, 0.29) is 18.4 Å². The highest BCUT2D eigenvalue weighted by molar-refractivity contribution is 6.11. The first kappa shape index (κ1) is 22.5. The van der Waals surface area contributed by atoms with Gasteiger partial charge in [-0.2, -0.15) is 0 Å². The number of nitrogens with zero attached hydrogens (tertiary/aromatic N) is 2. The van der Waals surface area contributed by atoms with Crippen LogP contribution in [0.1, 0.15) is 37.8 Å². The molecule has 0 spiro atoms. The lowest BCUT2D eigenvalue weighted by Crippen LogP contribution is -2.33. The number of rotatable bonds is 4. The van der Waals surface area contributed by atoms with Crippen LogP contribution in [0.4, 0.5) is 5.69 Å². The predicted octanol–water partition coefficient (Wildman–Crippen LogP) is 4.28. The van der Waals surface area contributed by atoms with E-state index < -0.39 is 5.92 Å². The highest BCUT2D eigenvalue weighted by Gasteiger charge is 2.42. The number of imide groups is 1. The maximum absolute atomic E-state index is 13.7. The fraction of sp³-hybridized carbons (Fsp3) is 0.357. The molecule has 186 valence electrons. The summed E-state index contributed by atoms with van der Waals surface area (Å²) < 4.78 is 19.7. The summed E-state index contributed by atoms with van der Waals surface area (Å²) in [6.45, 7) is 7.75. The number of fused-ring (bicyclic) bond motifs is 1. The van der Waals surface area contributed by atoms with Crippen LogP contribution in [0.25, 0.3) is 10.9 Å². The second-order valence-electron chi connectivity index (χ2n) is 9.94. The minimum absolute atomic E-state index is 0.217. The fourth-order valence-corrected chi connectivity index (χ4v) is 5.63. The molecule has 36 heavy (non-hydrogen) atoms. The zero-order valence-corrected chi connectivity index (χ0v) is 20.9. The molecule has 8 nitrogen and oxygen atoms in total. The lowest BCUT2D eigenvalue weighted by Gasteiger charge is -2.25. The number of benzene rings is 2. The third-order valence-electron chi connectivity index (χ3n) is 7.06. The van der Waals surface area contributed by atoms with Crippen LogP contribution >= 0.6 is 0 Å². The Kier molecular flexibility index (Phi) is 5.21. The minimum atomic E-state index is -0.423. The molecule has 6 rings (SSSR count). The van der Waals surface area contributed by atoms with Crippen LogP contribution in [0, 0.1) is 5.92 Å². The Labute approximate surface area is 209 Å². The molecule has 1 aromatic heterocycles. The molecule has 1 atom stereocenters. The lowest BCUT2D eigenvalue weighted by molar-refractivity contribution is -0.139. The Morgan fingerprint density at radius 1 is 1.22 bits per heavy atom. The summed E-state index contributed by atoms with van der Waals surface area (Å²) in [5, 5.41) is 4.60. The van der Waals surface area contributed by atoms with Crippen molar-refractivity contribution in [3.8, 4) is 17.2 Å². The smallest absolute Gasteiger partial charge is 0.259 e. The molecule has 0 unspecified atom stereocenters. The first-order valence-electron chi connectivity index (χ1n) is 12.3. The van der Waals surface area contributed by atoms with Crippen molar-refractivity contribution in [2.24, 2.45) is 5.92 Å². The molecule has 2 amide bonds. The SMILES string of the molecule is COc1cc([C@@H]2C3=C(CN(C(C)=O)C3=O)Nc3cccc4c3c2cn4CC(C)C)cc2c1OCCO2. The fourth-order valence-electron chi connectivity index (χ4n) is 5.63. The highest BCUT2D eigenvalue weighted by atomic mass is 16.6. The molecule has 3 aliphatic heterocycles. The second kappa shape index (κ2) is 8.33. The van der Waals surface area contributed by atoms with Gasteiger partial charge in [0.2, 0.25) is 11.7 Å². The van der Waals surface area contributed by atoms with Gasteiger partial charge in [0.1, 0.15) is 13.2 Å². The van der Waals surface area contributed by atoms with Gasteiger partial charge in [0.05, 0.1) is 24.7 Å².